The fourth-order valence-corrected chi connectivity index (χ4v) is 0.549. The minimum Gasteiger partial charge on any atom is -0.480 e. The third-order valence-electron chi connectivity index (χ3n) is 1.36. The Labute approximate surface area is 75.4 Å². The first-order valence-corrected chi connectivity index (χ1v) is 3.73. The predicted octanol–water partition coefficient (Wildman–Crippen LogP) is 0.839. The van der Waals surface area contributed by atoms with Crippen LogP contribution in [0.15, 0.2) is 11.4 Å². The summed E-state index contributed by atoms with van der Waals surface area (Å²) in [6.07, 6.45) is 0. The van der Waals surface area contributed by atoms with Crippen LogP contribution in [0.25, 0.3) is 0 Å². The van der Waals surface area contributed by atoms with Gasteiger partial charge >= 0.3 is 5.97 Å². The van der Waals surface area contributed by atoms with Gasteiger partial charge in [-0.05, 0) is 26.3 Å². The highest BCUT2D eigenvalue weighted by atomic mass is 19.1. The largest absolute Gasteiger partial charge is 0.480 e. The van der Waals surface area contributed by atoms with E-state index in [1.54, 1.807) is 0 Å². The van der Waals surface area contributed by atoms with Crippen LogP contribution in [0.3, 0.4) is 0 Å². The van der Waals surface area contributed by atoms with Crippen LogP contribution in [0.4, 0.5) is 4.39 Å². The normalized spacial score (nSPS) is 11.7. The molecule has 0 saturated carbocycles. The molecule has 1 amide bonds. The lowest BCUT2D eigenvalue weighted by atomic mass is 10.2. The highest BCUT2D eigenvalue weighted by Gasteiger charge is 2.17. The second-order valence-electron chi connectivity index (χ2n) is 2.85. The molecule has 74 valence electrons. The van der Waals surface area contributed by atoms with E-state index in [1.165, 1.54) is 20.8 Å². The van der Waals surface area contributed by atoms with Gasteiger partial charge in [0, 0.05) is 0 Å². The Hall–Kier alpha value is -1.39. The summed E-state index contributed by atoms with van der Waals surface area (Å²) in [6.45, 7) is 4.12. The lowest BCUT2D eigenvalue weighted by Crippen LogP contribution is -2.38. The number of hydrogen-bond acceptors (Lipinski definition) is 2. The minimum atomic E-state index is -1.20. The molecule has 2 N–H and O–H groups in total. The summed E-state index contributed by atoms with van der Waals surface area (Å²) in [5.41, 5.74) is 0.218. The molecule has 0 fully saturated rings. The van der Waals surface area contributed by atoms with Gasteiger partial charge in [0.25, 0.3) is 5.91 Å². The van der Waals surface area contributed by atoms with Crippen molar-refractivity contribution in [1.29, 1.82) is 0 Å². The number of carboxylic acid groups (broad SMARTS) is 1. The zero-order valence-electron chi connectivity index (χ0n) is 7.72. The van der Waals surface area contributed by atoms with Gasteiger partial charge in [0.1, 0.15) is 6.04 Å². The number of carboxylic acids is 1. The van der Waals surface area contributed by atoms with Gasteiger partial charge in [-0.3, -0.25) is 9.59 Å². The molecule has 0 radical (unpaired) electrons. The zero-order chi connectivity index (χ0) is 10.6. The number of carbonyl (C=O) groups excluding carboxylic acids is 1. The standard InChI is InChI=1S/C8H12FNO3/c1-4(2)6(9)7(11)10-5(3)8(12)13/h5H,1-3H3,(H,10,11)(H,12,13). The molecule has 0 rings (SSSR count). The van der Waals surface area contributed by atoms with E-state index in [0.29, 0.717) is 0 Å². The van der Waals surface area contributed by atoms with Crippen LogP contribution in [0.5, 0.6) is 0 Å². The summed E-state index contributed by atoms with van der Waals surface area (Å²) in [4.78, 5) is 21.2. The molecule has 0 aliphatic heterocycles. The van der Waals surface area contributed by atoms with Gasteiger partial charge in [-0.15, -0.1) is 0 Å². The van der Waals surface area contributed by atoms with Crippen LogP contribution in [-0.2, 0) is 9.59 Å². The Morgan fingerprint density at radius 1 is 1.38 bits per heavy atom. The van der Waals surface area contributed by atoms with Crippen molar-refractivity contribution >= 4 is 11.9 Å². The maximum atomic E-state index is 12.8. The molecule has 4 nitrogen and oxygen atoms in total. The van der Waals surface area contributed by atoms with Crippen LogP contribution in [0.2, 0.25) is 0 Å². The van der Waals surface area contributed by atoms with Crippen molar-refractivity contribution in [2.45, 2.75) is 26.8 Å². The van der Waals surface area contributed by atoms with E-state index in [4.69, 9.17) is 5.11 Å². The van der Waals surface area contributed by atoms with Gasteiger partial charge < -0.3 is 10.4 Å². The monoisotopic (exact) mass is 189 g/mol. The summed E-state index contributed by atoms with van der Waals surface area (Å²) in [5.74, 6) is -3.13. The maximum Gasteiger partial charge on any atom is 0.325 e. The number of amides is 1. The maximum absolute atomic E-state index is 12.8. The van der Waals surface area contributed by atoms with Crippen molar-refractivity contribution in [1.82, 2.24) is 5.32 Å². The van der Waals surface area contributed by atoms with E-state index in [1.807, 2.05) is 5.32 Å². The van der Waals surface area contributed by atoms with E-state index >= 15 is 0 Å². The van der Waals surface area contributed by atoms with E-state index in [2.05, 4.69) is 0 Å². The SMILES string of the molecule is CC(C)=C(F)C(=O)NC(C)C(=O)O. The third-order valence-corrected chi connectivity index (χ3v) is 1.36. The summed E-state index contributed by atoms with van der Waals surface area (Å²) < 4.78 is 12.8. The highest BCUT2D eigenvalue weighted by molar-refractivity contribution is 5.94. The number of allylic oxidation sites excluding steroid dienone is 1. The molecule has 0 aromatic rings. The van der Waals surface area contributed by atoms with Crippen molar-refractivity contribution in [3.8, 4) is 0 Å². The number of hydrogen-bond donors (Lipinski definition) is 2. The molecule has 13 heavy (non-hydrogen) atoms. The number of nitrogens with one attached hydrogen (secondary N) is 1. The van der Waals surface area contributed by atoms with E-state index in [0.717, 1.165) is 0 Å². The highest BCUT2D eigenvalue weighted by Crippen LogP contribution is 2.04. The zero-order valence-corrected chi connectivity index (χ0v) is 7.72. The molecule has 1 unspecified atom stereocenters. The fourth-order valence-electron chi connectivity index (χ4n) is 0.549. The summed E-state index contributed by atoms with van der Waals surface area (Å²) >= 11 is 0. The molecular weight excluding hydrogens is 177 g/mol. The molecule has 0 spiro atoms. The average Bonchev–Trinajstić information content (AvgIpc) is 2.02. The van der Waals surface area contributed by atoms with Gasteiger partial charge in [0.05, 0.1) is 0 Å². The van der Waals surface area contributed by atoms with E-state index < -0.39 is 23.7 Å². The van der Waals surface area contributed by atoms with Crippen LogP contribution >= 0.6 is 0 Å². The Morgan fingerprint density at radius 2 is 1.85 bits per heavy atom. The van der Waals surface area contributed by atoms with Crippen LogP contribution in [0.1, 0.15) is 20.8 Å². The topological polar surface area (TPSA) is 66.4 Å². The fraction of sp³-hybridized carbons (Fsp3) is 0.500. The Balaban J connectivity index is 4.33. The van der Waals surface area contributed by atoms with Crippen LogP contribution < -0.4 is 5.32 Å². The van der Waals surface area contributed by atoms with Crippen molar-refractivity contribution in [3.05, 3.63) is 11.4 Å². The van der Waals surface area contributed by atoms with Crippen molar-refractivity contribution in [2.24, 2.45) is 0 Å². The van der Waals surface area contributed by atoms with Gasteiger partial charge in [0.2, 0.25) is 0 Å². The molecule has 0 aliphatic carbocycles. The number of carbonyl (C=O) groups is 2. The number of aliphatic carboxylic acids is 1. The third kappa shape index (κ3) is 3.68. The van der Waals surface area contributed by atoms with Crippen LogP contribution in [0, 0.1) is 0 Å². The quantitative estimate of drug-likeness (QED) is 0.646. The second kappa shape index (κ2) is 4.59. The molecule has 0 heterocycles. The summed E-state index contributed by atoms with van der Waals surface area (Å²) in [6, 6.07) is -1.09. The van der Waals surface area contributed by atoms with Crippen molar-refractivity contribution in [2.75, 3.05) is 0 Å². The molecule has 0 aromatic heterocycles. The smallest absolute Gasteiger partial charge is 0.325 e. The lowest BCUT2D eigenvalue weighted by Gasteiger charge is -2.07. The first kappa shape index (κ1) is 11.6. The van der Waals surface area contributed by atoms with E-state index in [9.17, 15) is 14.0 Å². The molecule has 0 aromatic carbocycles. The van der Waals surface area contributed by atoms with Crippen molar-refractivity contribution in [3.63, 3.8) is 0 Å². The molecule has 1 atom stereocenters. The van der Waals surface area contributed by atoms with E-state index in [-0.39, 0.29) is 5.57 Å². The lowest BCUT2D eigenvalue weighted by molar-refractivity contribution is -0.140. The number of rotatable bonds is 3. The summed E-state index contributed by atoms with van der Waals surface area (Å²) in [7, 11) is 0. The molecular formula is C8H12FNO3. The van der Waals surface area contributed by atoms with Crippen LogP contribution in [-0.4, -0.2) is 23.0 Å². The van der Waals surface area contributed by atoms with Gasteiger partial charge in [-0.1, -0.05) is 0 Å². The van der Waals surface area contributed by atoms with Gasteiger partial charge in [-0.2, -0.15) is 0 Å². The number of halogens is 1. The first-order chi connectivity index (χ1) is 5.86. The van der Waals surface area contributed by atoms with Gasteiger partial charge in [0.15, 0.2) is 5.83 Å². The van der Waals surface area contributed by atoms with Gasteiger partial charge in [-0.25, -0.2) is 4.39 Å². The van der Waals surface area contributed by atoms with Crippen molar-refractivity contribution < 1.29 is 19.1 Å². The Kier molecular flexibility index (Phi) is 4.10. The molecule has 5 heteroatoms. The first-order valence-electron chi connectivity index (χ1n) is 3.73. The molecule has 0 bridgehead atoms. The second-order valence-corrected chi connectivity index (χ2v) is 2.85. The molecule has 0 aliphatic rings. The summed E-state index contributed by atoms with van der Waals surface area (Å²) in [5, 5.41) is 10.4. The Bertz CT molecular complexity index is 256. The Morgan fingerprint density at radius 3 is 2.15 bits per heavy atom. The molecule has 0 saturated heterocycles. The minimum absolute atomic E-state index is 0.218. The average molecular weight is 189 g/mol. The predicted molar refractivity (Wildman–Crippen MR) is 44.7 cm³/mol.